The van der Waals surface area contributed by atoms with Crippen molar-refractivity contribution in [2.45, 2.75) is 19.3 Å². The summed E-state index contributed by atoms with van der Waals surface area (Å²) in [4.78, 5) is 0. The summed E-state index contributed by atoms with van der Waals surface area (Å²) in [7, 11) is 0. The molecule has 1 aliphatic heterocycles. The van der Waals surface area contributed by atoms with E-state index in [2.05, 4.69) is 18.2 Å². The van der Waals surface area contributed by atoms with Gasteiger partial charge in [-0.15, -0.1) is 0 Å². The summed E-state index contributed by atoms with van der Waals surface area (Å²) in [5, 5.41) is 0. The first kappa shape index (κ1) is 8.98. The quantitative estimate of drug-likeness (QED) is 0.706. The number of nitrogens with two attached hydrogens (primary N) is 1. The molecule has 1 saturated heterocycles. The van der Waals surface area contributed by atoms with E-state index in [4.69, 9.17) is 10.5 Å². The van der Waals surface area contributed by atoms with E-state index in [1.54, 1.807) is 0 Å². The number of ether oxygens (including phenoxy) is 1. The molecular weight excluding hydrogens is 186 g/mol. The van der Waals surface area contributed by atoms with Crippen LogP contribution in [0.1, 0.15) is 19.3 Å². The zero-order valence-corrected chi connectivity index (χ0v) is 8.75. The number of rotatable bonds is 1. The van der Waals surface area contributed by atoms with Crippen molar-refractivity contribution in [1.29, 1.82) is 0 Å². The summed E-state index contributed by atoms with van der Waals surface area (Å²) in [6.45, 7) is 1.47. The Morgan fingerprint density at radius 3 is 3.13 bits per heavy atom. The van der Waals surface area contributed by atoms with E-state index in [1.165, 1.54) is 22.3 Å². The van der Waals surface area contributed by atoms with Crippen molar-refractivity contribution < 1.29 is 4.74 Å². The van der Waals surface area contributed by atoms with E-state index in [-0.39, 0.29) is 0 Å². The molecule has 0 atom stereocenters. The van der Waals surface area contributed by atoms with Crippen LogP contribution in [0, 0.1) is 0 Å². The van der Waals surface area contributed by atoms with Gasteiger partial charge in [0.15, 0.2) is 0 Å². The molecule has 3 rings (SSSR count). The van der Waals surface area contributed by atoms with E-state index in [0.29, 0.717) is 6.54 Å². The molecule has 0 amide bonds. The first-order chi connectivity index (χ1) is 7.40. The van der Waals surface area contributed by atoms with E-state index in [9.17, 15) is 0 Å². The third-order valence-corrected chi connectivity index (χ3v) is 3.29. The first-order valence-corrected chi connectivity index (χ1v) is 5.55. The fourth-order valence-corrected chi connectivity index (χ4v) is 2.65. The highest BCUT2D eigenvalue weighted by Gasteiger charge is 2.29. The zero-order chi connectivity index (χ0) is 10.3. The molecule has 0 radical (unpaired) electrons. The van der Waals surface area contributed by atoms with Crippen molar-refractivity contribution >= 4 is 0 Å². The van der Waals surface area contributed by atoms with Gasteiger partial charge in [-0.05, 0) is 35.6 Å². The van der Waals surface area contributed by atoms with Gasteiger partial charge in [-0.25, -0.2) is 0 Å². The highest BCUT2D eigenvalue weighted by Crippen LogP contribution is 2.44. The maximum absolute atomic E-state index is 5.61. The lowest BCUT2D eigenvalue weighted by atomic mass is 9.90. The van der Waals surface area contributed by atoms with Gasteiger partial charge in [0.1, 0.15) is 5.76 Å². The molecule has 0 aromatic heterocycles. The van der Waals surface area contributed by atoms with Gasteiger partial charge in [0, 0.05) is 18.5 Å². The fourth-order valence-electron chi connectivity index (χ4n) is 2.65. The van der Waals surface area contributed by atoms with E-state index in [1.807, 2.05) is 0 Å². The third-order valence-electron chi connectivity index (χ3n) is 3.29. The minimum Gasteiger partial charge on any atom is -0.493 e. The second-order valence-corrected chi connectivity index (χ2v) is 4.12. The van der Waals surface area contributed by atoms with Gasteiger partial charge in [-0.3, -0.25) is 0 Å². The molecule has 2 nitrogen and oxygen atoms in total. The van der Waals surface area contributed by atoms with Crippen LogP contribution in [0.3, 0.4) is 0 Å². The summed E-state index contributed by atoms with van der Waals surface area (Å²) >= 11 is 0. The van der Waals surface area contributed by atoms with Crippen molar-refractivity contribution in [2.24, 2.45) is 5.73 Å². The third kappa shape index (κ3) is 1.29. The van der Waals surface area contributed by atoms with Crippen LogP contribution in [0.25, 0.3) is 0 Å². The Labute approximate surface area is 89.8 Å². The van der Waals surface area contributed by atoms with E-state index in [0.717, 1.165) is 31.6 Å². The van der Waals surface area contributed by atoms with Crippen molar-refractivity contribution in [3.05, 3.63) is 46.3 Å². The standard InChI is InChI=1S/C13H15NO/c14-7-5-10-2-1-9-3-4-12-11(13(9)10)6-8-15-12/h1,4-5H,2-3,6-8,14H2/b10-5+. The van der Waals surface area contributed by atoms with Gasteiger partial charge < -0.3 is 10.5 Å². The molecule has 1 fully saturated rings. The maximum Gasteiger partial charge on any atom is 0.119 e. The molecule has 2 heteroatoms. The van der Waals surface area contributed by atoms with E-state index < -0.39 is 0 Å². The predicted octanol–water partition coefficient (Wildman–Crippen LogP) is 2.21. The highest BCUT2D eigenvalue weighted by molar-refractivity contribution is 5.62. The van der Waals surface area contributed by atoms with Crippen LogP contribution >= 0.6 is 0 Å². The highest BCUT2D eigenvalue weighted by atomic mass is 16.5. The van der Waals surface area contributed by atoms with Gasteiger partial charge in [0.2, 0.25) is 0 Å². The number of hydrogen-bond donors (Lipinski definition) is 1. The summed E-state index contributed by atoms with van der Waals surface area (Å²) < 4.78 is 5.61. The predicted molar refractivity (Wildman–Crippen MR) is 60.1 cm³/mol. The molecule has 0 aromatic rings. The van der Waals surface area contributed by atoms with Crippen molar-refractivity contribution in [3.63, 3.8) is 0 Å². The monoisotopic (exact) mass is 201 g/mol. The van der Waals surface area contributed by atoms with Crippen molar-refractivity contribution in [2.75, 3.05) is 13.2 Å². The zero-order valence-electron chi connectivity index (χ0n) is 8.75. The lowest BCUT2D eigenvalue weighted by Crippen LogP contribution is -2.01. The number of hydrogen-bond acceptors (Lipinski definition) is 2. The summed E-state index contributed by atoms with van der Waals surface area (Å²) in [5.74, 6) is 1.12. The Morgan fingerprint density at radius 1 is 1.33 bits per heavy atom. The molecule has 15 heavy (non-hydrogen) atoms. The molecule has 2 N–H and O–H groups in total. The van der Waals surface area contributed by atoms with E-state index >= 15 is 0 Å². The van der Waals surface area contributed by atoms with Gasteiger partial charge in [-0.1, -0.05) is 12.2 Å². The molecule has 0 unspecified atom stereocenters. The molecule has 0 aromatic carbocycles. The van der Waals surface area contributed by atoms with Crippen LogP contribution in [0.15, 0.2) is 46.3 Å². The molecular formula is C13H15NO. The van der Waals surface area contributed by atoms with Crippen molar-refractivity contribution in [1.82, 2.24) is 0 Å². The lowest BCUT2D eigenvalue weighted by molar-refractivity contribution is 0.264. The SMILES string of the molecule is NC/C=C1\CC=C2CC=C3OCCC3=C21. The van der Waals surface area contributed by atoms with Gasteiger partial charge in [-0.2, -0.15) is 0 Å². The summed E-state index contributed by atoms with van der Waals surface area (Å²) in [6, 6.07) is 0. The first-order valence-electron chi connectivity index (χ1n) is 5.55. The smallest absolute Gasteiger partial charge is 0.119 e. The topological polar surface area (TPSA) is 35.2 Å². The van der Waals surface area contributed by atoms with Crippen LogP contribution in [0.2, 0.25) is 0 Å². The van der Waals surface area contributed by atoms with Crippen LogP contribution in [-0.2, 0) is 4.74 Å². The van der Waals surface area contributed by atoms with Gasteiger partial charge in [0.05, 0.1) is 6.61 Å². The lowest BCUT2D eigenvalue weighted by Gasteiger charge is -2.15. The van der Waals surface area contributed by atoms with Gasteiger partial charge in [0.25, 0.3) is 0 Å². The second kappa shape index (κ2) is 3.38. The Balaban J connectivity index is 2.11. The average molecular weight is 201 g/mol. The Bertz CT molecular complexity index is 424. The minimum atomic E-state index is 0.632. The van der Waals surface area contributed by atoms with Crippen LogP contribution < -0.4 is 5.73 Å². The fraction of sp³-hybridized carbons (Fsp3) is 0.385. The molecule has 0 saturated carbocycles. The molecule has 3 aliphatic rings. The van der Waals surface area contributed by atoms with Crippen LogP contribution in [0.4, 0.5) is 0 Å². The number of allylic oxidation sites excluding steroid dienone is 6. The summed E-state index contributed by atoms with van der Waals surface area (Å²) in [6.07, 6.45) is 9.81. The number of fused-ring (bicyclic) bond motifs is 2. The van der Waals surface area contributed by atoms with Gasteiger partial charge >= 0.3 is 0 Å². The van der Waals surface area contributed by atoms with Crippen LogP contribution in [-0.4, -0.2) is 13.2 Å². The molecule has 2 aliphatic carbocycles. The van der Waals surface area contributed by atoms with Crippen LogP contribution in [0.5, 0.6) is 0 Å². The molecule has 0 spiro atoms. The largest absolute Gasteiger partial charge is 0.493 e. The Hall–Kier alpha value is -1.28. The molecule has 1 heterocycles. The molecule has 78 valence electrons. The Morgan fingerprint density at radius 2 is 2.27 bits per heavy atom. The Kier molecular flexibility index (Phi) is 2.03. The van der Waals surface area contributed by atoms with Crippen molar-refractivity contribution in [3.8, 4) is 0 Å². The summed E-state index contributed by atoms with van der Waals surface area (Å²) in [5.41, 5.74) is 11.3. The molecule has 0 bridgehead atoms. The average Bonchev–Trinajstić information content (AvgIpc) is 2.83. The normalized spacial score (nSPS) is 26.1. The maximum atomic E-state index is 5.61. The minimum absolute atomic E-state index is 0.632. The second-order valence-electron chi connectivity index (χ2n) is 4.12.